The highest BCUT2D eigenvalue weighted by Gasteiger charge is 2.22. The zero-order chi connectivity index (χ0) is 10.5. The number of piperidine rings is 1. The van der Waals surface area contributed by atoms with Gasteiger partial charge in [-0.25, -0.2) is 4.98 Å². The summed E-state index contributed by atoms with van der Waals surface area (Å²) in [5, 5.41) is 3.27. The summed E-state index contributed by atoms with van der Waals surface area (Å²) < 4.78 is 0. The maximum Gasteiger partial charge on any atom is 0.128 e. The lowest BCUT2D eigenvalue weighted by Crippen LogP contribution is -2.45. The van der Waals surface area contributed by atoms with Crippen molar-refractivity contribution >= 4 is 5.82 Å². The Morgan fingerprint density at radius 3 is 3.13 bits per heavy atom. The normalized spacial score (nSPS) is 21.7. The van der Waals surface area contributed by atoms with Gasteiger partial charge in [0.15, 0.2) is 0 Å². The highest BCUT2D eigenvalue weighted by atomic mass is 15.2. The van der Waals surface area contributed by atoms with Crippen molar-refractivity contribution in [1.82, 2.24) is 10.3 Å². The summed E-state index contributed by atoms with van der Waals surface area (Å²) in [7, 11) is 2.02. The molecule has 1 aliphatic rings. The fourth-order valence-electron chi connectivity index (χ4n) is 2.27. The molecular formula is C12H19N3. The van der Waals surface area contributed by atoms with Crippen molar-refractivity contribution in [1.29, 1.82) is 0 Å². The van der Waals surface area contributed by atoms with Gasteiger partial charge in [0.1, 0.15) is 5.82 Å². The zero-order valence-electron chi connectivity index (χ0n) is 9.32. The first-order valence-electron chi connectivity index (χ1n) is 5.74. The maximum atomic E-state index is 4.43. The van der Waals surface area contributed by atoms with Crippen molar-refractivity contribution in [2.75, 3.05) is 25.0 Å². The Morgan fingerprint density at radius 2 is 2.40 bits per heavy atom. The summed E-state index contributed by atoms with van der Waals surface area (Å²) in [5.74, 6) is 1.12. The number of hydrogen-bond acceptors (Lipinski definition) is 3. The summed E-state index contributed by atoms with van der Waals surface area (Å²) in [5.41, 5.74) is 0. The van der Waals surface area contributed by atoms with Crippen molar-refractivity contribution in [3.05, 3.63) is 24.4 Å². The fourth-order valence-corrected chi connectivity index (χ4v) is 2.27. The molecule has 1 fully saturated rings. The molecule has 1 aromatic rings. The Hall–Kier alpha value is -1.09. The van der Waals surface area contributed by atoms with E-state index in [-0.39, 0.29) is 0 Å². The molecule has 0 bridgehead atoms. The van der Waals surface area contributed by atoms with Crippen LogP contribution in [0.15, 0.2) is 24.4 Å². The van der Waals surface area contributed by atoms with Crippen LogP contribution in [-0.4, -0.2) is 31.2 Å². The minimum Gasteiger partial charge on any atom is -0.352 e. The minimum absolute atomic E-state index is 0.610. The van der Waals surface area contributed by atoms with E-state index >= 15 is 0 Å². The Bertz CT molecular complexity index is 284. The second-order valence-electron chi connectivity index (χ2n) is 4.09. The van der Waals surface area contributed by atoms with Crippen LogP contribution in [0.1, 0.15) is 19.3 Å². The summed E-state index contributed by atoms with van der Waals surface area (Å²) >= 11 is 0. The second-order valence-corrected chi connectivity index (χ2v) is 4.09. The molecule has 15 heavy (non-hydrogen) atoms. The number of rotatable bonds is 3. The van der Waals surface area contributed by atoms with Gasteiger partial charge in [0.05, 0.1) is 0 Å². The highest BCUT2D eigenvalue weighted by Crippen LogP contribution is 2.22. The molecule has 0 spiro atoms. The molecule has 3 nitrogen and oxygen atoms in total. The maximum absolute atomic E-state index is 4.43. The van der Waals surface area contributed by atoms with E-state index in [1.54, 1.807) is 0 Å². The van der Waals surface area contributed by atoms with Crippen molar-refractivity contribution in [2.45, 2.75) is 25.3 Å². The summed E-state index contributed by atoms with van der Waals surface area (Å²) in [4.78, 5) is 6.86. The van der Waals surface area contributed by atoms with E-state index in [9.17, 15) is 0 Å². The quantitative estimate of drug-likeness (QED) is 0.813. The third-order valence-corrected chi connectivity index (χ3v) is 3.01. The predicted octanol–water partition coefficient (Wildman–Crippen LogP) is 1.66. The SMILES string of the molecule is CNCC1CCCCN1c1ccccn1. The molecule has 0 amide bonds. The lowest BCUT2D eigenvalue weighted by Gasteiger charge is -2.36. The molecule has 0 aromatic carbocycles. The standard InChI is InChI=1S/C12H19N3/c1-13-10-11-6-3-5-9-15(11)12-7-2-4-8-14-12/h2,4,7-8,11,13H,3,5-6,9-10H2,1H3. The lowest BCUT2D eigenvalue weighted by molar-refractivity contribution is 0.443. The first-order valence-corrected chi connectivity index (χ1v) is 5.74. The zero-order valence-corrected chi connectivity index (χ0v) is 9.32. The smallest absolute Gasteiger partial charge is 0.128 e. The van der Waals surface area contributed by atoms with Gasteiger partial charge in [-0.1, -0.05) is 6.07 Å². The van der Waals surface area contributed by atoms with E-state index in [0.29, 0.717) is 6.04 Å². The summed E-state index contributed by atoms with van der Waals surface area (Å²) in [6.45, 7) is 2.19. The number of anilines is 1. The van der Waals surface area contributed by atoms with E-state index in [2.05, 4.69) is 27.3 Å². The van der Waals surface area contributed by atoms with E-state index in [1.807, 2.05) is 19.3 Å². The number of aromatic nitrogens is 1. The average molecular weight is 205 g/mol. The predicted molar refractivity (Wildman–Crippen MR) is 63.1 cm³/mol. The van der Waals surface area contributed by atoms with Crippen LogP contribution in [0.2, 0.25) is 0 Å². The van der Waals surface area contributed by atoms with Crippen LogP contribution in [-0.2, 0) is 0 Å². The van der Waals surface area contributed by atoms with E-state index < -0.39 is 0 Å². The molecule has 1 unspecified atom stereocenters. The molecule has 1 saturated heterocycles. The fraction of sp³-hybridized carbons (Fsp3) is 0.583. The van der Waals surface area contributed by atoms with Crippen LogP contribution >= 0.6 is 0 Å². The van der Waals surface area contributed by atoms with Gasteiger partial charge in [0.2, 0.25) is 0 Å². The number of nitrogens with zero attached hydrogens (tertiary/aromatic N) is 2. The molecule has 0 aliphatic carbocycles. The highest BCUT2D eigenvalue weighted by molar-refractivity contribution is 5.39. The van der Waals surface area contributed by atoms with Crippen LogP contribution < -0.4 is 10.2 Å². The molecule has 82 valence electrons. The molecule has 2 heterocycles. The lowest BCUT2D eigenvalue weighted by atomic mass is 10.0. The second kappa shape index (κ2) is 5.12. The van der Waals surface area contributed by atoms with Crippen molar-refractivity contribution in [2.24, 2.45) is 0 Å². The van der Waals surface area contributed by atoms with E-state index in [1.165, 1.54) is 19.3 Å². The molecule has 1 N–H and O–H groups in total. The van der Waals surface area contributed by atoms with Crippen molar-refractivity contribution in [3.63, 3.8) is 0 Å². The minimum atomic E-state index is 0.610. The number of pyridine rings is 1. The first kappa shape index (κ1) is 10.4. The van der Waals surface area contributed by atoms with Gasteiger partial charge in [-0.3, -0.25) is 0 Å². The molecule has 1 aliphatic heterocycles. The van der Waals surface area contributed by atoms with Crippen LogP contribution in [0.5, 0.6) is 0 Å². The largest absolute Gasteiger partial charge is 0.352 e. The van der Waals surface area contributed by atoms with E-state index in [0.717, 1.165) is 18.9 Å². The van der Waals surface area contributed by atoms with E-state index in [4.69, 9.17) is 0 Å². The van der Waals surface area contributed by atoms with Gasteiger partial charge in [-0.15, -0.1) is 0 Å². The van der Waals surface area contributed by atoms with Gasteiger partial charge in [-0.05, 0) is 38.4 Å². The molecule has 0 saturated carbocycles. The van der Waals surface area contributed by atoms with Crippen LogP contribution in [0.25, 0.3) is 0 Å². The van der Waals surface area contributed by atoms with Gasteiger partial charge in [0.25, 0.3) is 0 Å². The third-order valence-electron chi connectivity index (χ3n) is 3.01. The number of hydrogen-bond donors (Lipinski definition) is 1. The Morgan fingerprint density at radius 1 is 1.47 bits per heavy atom. The van der Waals surface area contributed by atoms with Gasteiger partial charge < -0.3 is 10.2 Å². The summed E-state index contributed by atoms with van der Waals surface area (Å²) in [6, 6.07) is 6.75. The molecule has 2 rings (SSSR count). The Labute approximate surface area is 91.5 Å². The third kappa shape index (κ3) is 2.48. The molecule has 0 radical (unpaired) electrons. The van der Waals surface area contributed by atoms with Crippen LogP contribution in [0.4, 0.5) is 5.82 Å². The average Bonchev–Trinajstić information content (AvgIpc) is 2.31. The monoisotopic (exact) mass is 205 g/mol. The molecule has 3 heteroatoms. The topological polar surface area (TPSA) is 28.2 Å². The molecular weight excluding hydrogens is 186 g/mol. The van der Waals surface area contributed by atoms with Gasteiger partial charge in [-0.2, -0.15) is 0 Å². The summed E-state index contributed by atoms with van der Waals surface area (Å²) in [6.07, 6.45) is 5.78. The first-order chi connectivity index (χ1) is 7.42. The number of likely N-dealkylation sites (N-methyl/N-ethyl adjacent to an activating group) is 1. The van der Waals surface area contributed by atoms with Gasteiger partial charge >= 0.3 is 0 Å². The molecule has 1 aromatic heterocycles. The van der Waals surface area contributed by atoms with Crippen LogP contribution in [0, 0.1) is 0 Å². The van der Waals surface area contributed by atoms with Crippen molar-refractivity contribution < 1.29 is 0 Å². The molecule has 1 atom stereocenters. The van der Waals surface area contributed by atoms with Crippen LogP contribution in [0.3, 0.4) is 0 Å². The van der Waals surface area contributed by atoms with Crippen molar-refractivity contribution in [3.8, 4) is 0 Å². The Balaban J connectivity index is 2.11. The Kier molecular flexibility index (Phi) is 3.56. The van der Waals surface area contributed by atoms with Gasteiger partial charge in [0, 0.05) is 25.3 Å². The number of nitrogens with one attached hydrogen (secondary N) is 1.